The molecule has 3 rings (SSSR count). The number of anilines is 1. The van der Waals surface area contributed by atoms with Crippen LogP contribution in [0.3, 0.4) is 0 Å². The smallest absolute Gasteiger partial charge is 0.225 e. The lowest BCUT2D eigenvalue weighted by Crippen LogP contribution is -2.32. The average molecular weight is 330 g/mol. The second-order valence-electron chi connectivity index (χ2n) is 5.83. The van der Waals surface area contributed by atoms with Crippen molar-refractivity contribution in [2.24, 2.45) is 13.0 Å². The number of hydrogen-bond acceptors (Lipinski definition) is 6. The molecule has 0 bridgehead atoms. The second kappa shape index (κ2) is 6.86. The van der Waals surface area contributed by atoms with Crippen molar-refractivity contribution in [2.75, 3.05) is 31.6 Å². The monoisotopic (exact) mass is 330 g/mol. The fourth-order valence-electron chi connectivity index (χ4n) is 3.14. The Balaban J connectivity index is 1.86. The topological polar surface area (TPSA) is 85.2 Å². The number of rotatable bonds is 5. The van der Waals surface area contributed by atoms with Gasteiger partial charge in [0.25, 0.3) is 0 Å². The van der Waals surface area contributed by atoms with Crippen LogP contribution in [0.15, 0.2) is 24.8 Å². The van der Waals surface area contributed by atoms with Gasteiger partial charge in [-0.2, -0.15) is 5.10 Å². The van der Waals surface area contributed by atoms with Gasteiger partial charge in [0, 0.05) is 45.4 Å². The molecule has 128 valence electrons. The van der Waals surface area contributed by atoms with E-state index in [0.717, 1.165) is 11.4 Å². The van der Waals surface area contributed by atoms with Crippen LogP contribution in [0.5, 0.6) is 5.88 Å². The Labute approximate surface area is 140 Å². The van der Waals surface area contributed by atoms with E-state index in [-0.39, 0.29) is 17.7 Å². The molecule has 8 nitrogen and oxygen atoms in total. The molecule has 2 aromatic heterocycles. The summed E-state index contributed by atoms with van der Waals surface area (Å²) in [6.45, 7) is 3.77. The van der Waals surface area contributed by atoms with Crippen molar-refractivity contribution in [2.45, 2.75) is 12.8 Å². The number of ether oxygens (including phenoxy) is 1. The van der Waals surface area contributed by atoms with Gasteiger partial charge < -0.3 is 15.0 Å². The van der Waals surface area contributed by atoms with Gasteiger partial charge in [0.2, 0.25) is 11.8 Å². The van der Waals surface area contributed by atoms with Crippen molar-refractivity contribution in [1.82, 2.24) is 25.1 Å². The van der Waals surface area contributed by atoms with Gasteiger partial charge >= 0.3 is 0 Å². The minimum atomic E-state index is -0.148. The molecule has 0 saturated carbocycles. The van der Waals surface area contributed by atoms with Crippen molar-refractivity contribution >= 4 is 11.7 Å². The first kappa shape index (κ1) is 16.2. The molecule has 1 fully saturated rings. The molecular weight excluding hydrogens is 308 g/mol. The van der Waals surface area contributed by atoms with E-state index in [0.29, 0.717) is 25.6 Å². The van der Waals surface area contributed by atoms with Crippen LogP contribution in [0.4, 0.5) is 5.82 Å². The Morgan fingerprint density at radius 3 is 2.92 bits per heavy atom. The van der Waals surface area contributed by atoms with Crippen molar-refractivity contribution in [3.8, 4) is 5.88 Å². The number of carbonyl (C=O) groups excluding carboxylic acids is 1. The molecule has 3 heterocycles. The molecule has 0 aromatic carbocycles. The average Bonchev–Trinajstić information content (AvgIpc) is 3.21. The van der Waals surface area contributed by atoms with Crippen molar-refractivity contribution < 1.29 is 9.53 Å². The quantitative estimate of drug-likeness (QED) is 0.863. The predicted octanol–water partition coefficient (Wildman–Crippen LogP) is 0.575. The van der Waals surface area contributed by atoms with Crippen LogP contribution in [-0.2, 0) is 11.8 Å². The van der Waals surface area contributed by atoms with Crippen LogP contribution in [0.25, 0.3) is 0 Å². The maximum absolute atomic E-state index is 12.3. The highest BCUT2D eigenvalue weighted by Crippen LogP contribution is 2.35. The fourth-order valence-corrected chi connectivity index (χ4v) is 3.14. The van der Waals surface area contributed by atoms with Gasteiger partial charge in [-0.1, -0.05) is 0 Å². The third-order valence-corrected chi connectivity index (χ3v) is 4.30. The van der Waals surface area contributed by atoms with Crippen molar-refractivity contribution in [1.29, 1.82) is 0 Å². The number of aryl methyl sites for hydroxylation is 1. The zero-order chi connectivity index (χ0) is 17.1. The number of carbonyl (C=O) groups is 1. The molecule has 1 saturated heterocycles. The van der Waals surface area contributed by atoms with Crippen LogP contribution in [0.1, 0.15) is 18.4 Å². The molecule has 1 N–H and O–H groups in total. The van der Waals surface area contributed by atoms with Gasteiger partial charge in [0.1, 0.15) is 12.1 Å². The van der Waals surface area contributed by atoms with Crippen LogP contribution in [0, 0.1) is 5.92 Å². The summed E-state index contributed by atoms with van der Waals surface area (Å²) in [7, 11) is 3.55. The maximum atomic E-state index is 12.3. The van der Waals surface area contributed by atoms with Crippen LogP contribution in [0.2, 0.25) is 0 Å². The summed E-state index contributed by atoms with van der Waals surface area (Å²) in [6.07, 6.45) is 5.29. The number of nitrogens with one attached hydrogen (secondary N) is 1. The number of aromatic nitrogens is 4. The van der Waals surface area contributed by atoms with E-state index >= 15 is 0 Å². The molecule has 2 atom stereocenters. The van der Waals surface area contributed by atoms with Gasteiger partial charge in [-0.15, -0.1) is 0 Å². The summed E-state index contributed by atoms with van der Waals surface area (Å²) in [5, 5.41) is 7.00. The Hall–Kier alpha value is -2.64. The van der Waals surface area contributed by atoms with E-state index in [1.165, 1.54) is 6.33 Å². The van der Waals surface area contributed by atoms with E-state index in [1.54, 1.807) is 11.7 Å². The molecule has 0 spiro atoms. The highest BCUT2D eigenvalue weighted by Gasteiger charge is 2.39. The Morgan fingerprint density at radius 1 is 1.42 bits per heavy atom. The number of nitrogens with zero attached hydrogens (tertiary/aromatic N) is 5. The van der Waals surface area contributed by atoms with Crippen LogP contribution in [-0.4, -0.2) is 52.4 Å². The van der Waals surface area contributed by atoms with Gasteiger partial charge in [-0.25, -0.2) is 9.97 Å². The fraction of sp³-hybridized carbons (Fsp3) is 0.500. The highest BCUT2D eigenvalue weighted by molar-refractivity contribution is 5.81. The first-order valence-electron chi connectivity index (χ1n) is 8.02. The van der Waals surface area contributed by atoms with E-state index in [4.69, 9.17) is 4.74 Å². The second-order valence-corrected chi connectivity index (χ2v) is 5.83. The minimum Gasteiger partial charge on any atom is -0.478 e. The number of amides is 1. The summed E-state index contributed by atoms with van der Waals surface area (Å²) < 4.78 is 7.21. The molecular formula is C16H22N6O2. The molecule has 2 aromatic rings. The SMILES string of the molecule is CCOc1cc(N2C[C@H](C(=O)NC)[C@@H](c3cnn(C)c3)C2)ncn1. The molecule has 0 aliphatic carbocycles. The van der Waals surface area contributed by atoms with Crippen LogP contribution < -0.4 is 15.0 Å². The summed E-state index contributed by atoms with van der Waals surface area (Å²) in [6, 6.07) is 1.82. The lowest BCUT2D eigenvalue weighted by molar-refractivity contribution is -0.124. The van der Waals surface area contributed by atoms with Gasteiger partial charge in [0.05, 0.1) is 18.7 Å². The predicted molar refractivity (Wildman–Crippen MR) is 88.9 cm³/mol. The van der Waals surface area contributed by atoms with E-state index in [9.17, 15) is 4.79 Å². The highest BCUT2D eigenvalue weighted by atomic mass is 16.5. The third kappa shape index (κ3) is 3.17. The number of hydrogen-bond donors (Lipinski definition) is 1. The van der Waals surface area contributed by atoms with Gasteiger partial charge in [-0.05, 0) is 12.5 Å². The maximum Gasteiger partial charge on any atom is 0.225 e. The largest absolute Gasteiger partial charge is 0.478 e. The standard InChI is InChI=1S/C16H22N6O2/c1-4-24-15-5-14(18-10-19-15)22-8-12(11-6-20-21(3)7-11)13(9-22)16(23)17-2/h5-7,10,12-13H,4,8-9H2,1-3H3,(H,17,23)/t12-,13+/m1/s1. The van der Waals surface area contributed by atoms with Gasteiger partial charge in [-0.3, -0.25) is 9.48 Å². The van der Waals surface area contributed by atoms with Gasteiger partial charge in [0.15, 0.2) is 0 Å². The zero-order valence-corrected chi connectivity index (χ0v) is 14.1. The Bertz CT molecular complexity index is 716. The first-order valence-corrected chi connectivity index (χ1v) is 8.02. The molecule has 8 heteroatoms. The lowest BCUT2D eigenvalue weighted by atomic mass is 9.90. The van der Waals surface area contributed by atoms with E-state index in [1.807, 2.05) is 32.4 Å². The van der Waals surface area contributed by atoms with Crippen LogP contribution >= 0.6 is 0 Å². The van der Waals surface area contributed by atoms with Crippen molar-refractivity contribution in [3.63, 3.8) is 0 Å². The van der Waals surface area contributed by atoms with Crippen molar-refractivity contribution in [3.05, 3.63) is 30.4 Å². The molecule has 24 heavy (non-hydrogen) atoms. The summed E-state index contributed by atoms with van der Waals surface area (Å²) in [5.74, 6) is 1.27. The molecule has 1 aliphatic heterocycles. The molecule has 1 amide bonds. The zero-order valence-electron chi connectivity index (χ0n) is 14.1. The molecule has 1 aliphatic rings. The molecule has 0 unspecified atom stereocenters. The minimum absolute atomic E-state index is 0.0328. The Kier molecular flexibility index (Phi) is 4.64. The van der Waals surface area contributed by atoms with E-state index < -0.39 is 0 Å². The first-order chi connectivity index (χ1) is 11.6. The lowest BCUT2D eigenvalue weighted by Gasteiger charge is -2.17. The van der Waals surface area contributed by atoms with E-state index in [2.05, 4.69) is 25.3 Å². The summed E-state index contributed by atoms with van der Waals surface area (Å²) in [5.41, 5.74) is 1.06. The molecule has 0 radical (unpaired) electrons. The normalized spacial score (nSPS) is 20.2. The summed E-state index contributed by atoms with van der Waals surface area (Å²) >= 11 is 0. The summed E-state index contributed by atoms with van der Waals surface area (Å²) in [4.78, 5) is 22.9. The third-order valence-electron chi connectivity index (χ3n) is 4.30. The Morgan fingerprint density at radius 2 is 2.25 bits per heavy atom.